The Morgan fingerprint density at radius 1 is 0.744 bits per heavy atom. The molecule has 4 rings (SSSR count). The molecule has 1 N–H and O–H groups in total. The molecule has 0 saturated carbocycles. The topological polar surface area (TPSA) is 86.8 Å². The van der Waals surface area contributed by atoms with E-state index in [1.807, 2.05) is 88.4 Å². The molecule has 43 heavy (non-hydrogen) atoms. The van der Waals surface area contributed by atoms with E-state index < -0.39 is 28.5 Å². The number of hydrogen-bond acceptors (Lipinski definition) is 4. The van der Waals surface area contributed by atoms with Crippen molar-refractivity contribution in [3.63, 3.8) is 0 Å². The van der Waals surface area contributed by atoms with Gasteiger partial charge >= 0.3 is 0 Å². The third-order valence-corrected chi connectivity index (χ3v) is 8.99. The number of carbonyl (C=O) groups excluding carboxylic acids is 2. The van der Waals surface area contributed by atoms with Gasteiger partial charge in [0.05, 0.1) is 10.6 Å². The van der Waals surface area contributed by atoms with Crippen LogP contribution in [0.3, 0.4) is 0 Å². The summed E-state index contributed by atoms with van der Waals surface area (Å²) in [4.78, 5) is 29.6. The number of benzene rings is 4. The third kappa shape index (κ3) is 8.11. The quantitative estimate of drug-likeness (QED) is 0.231. The van der Waals surface area contributed by atoms with Crippen molar-refractivity contribution in [3.05, 3.63) is 131 Å². The highest BCUT2D eigenvalue weighted by molar-refractivity contribution is 7.92. The summed E-state index contributed by atoms with van der Waals surface area (Å²) in [5.74, 6) is -0.776. The molecule has 0 fully saturated rings. The first-order valence-electron chi connectivity index (χ1n) is 14.4. The highest BCUT2D eigenvalue weighted by Crippen LogP contribution is 2.27. The maximum absolute atomic E-state index is 14.4. The zero-order chi connectivity index (χ0) is 31.0. The van der Waals surface area contributed by atoms with Crippen molar-refractivity contribution in [3.8, 4) is 0 Å². The molecule has 7 nitrogen and oxygen atoms in total. The average molecular weight is 598 g/mol. The molecule has 0 radical (unpaired) electrons. The van der Waals surface area contributed by atoms with Gasteiger partial charge in [-0.2, -0.15) is 0 Å². The molecule has 0 aliphatic rings. The molecule has 4 aromatic carbocycles. The Morgan fingerprint density at radius 2 is 1.33 bits per heavy atom. The molecule has 2 amide bonds. The minimum atomic E-state index is -4.12. The average Bonchev–Trinajstić information content (AvgIpc) is 2.99. The molecule has 0 unspecified atom stereocenters. The van der Waals surface area contributed by atoms with Gasteiger partial charge in [-0.05, 0) is 74.2 Å². The first kappa shape index (κ1) is 31.5. The van der Waals surface area contributed by atoms with Crippen LogP contribution in [0.5, 0.6) is 0 Å². The maximum Gasteiger partial charge on any atom is 0.264 e. The van der Waals surface area contributed by atoms with Gasteiger partial charge in [0.2, 0.25) is 11.8 Å². The van der Waals surface area contributed by atoms with Crippen LogP contribution in [0.15, 0.2) is 108 Å². The lowest BCUT2D eigenvalue weighted by atomic mass is 10.0. The monoisotopic (exact) mass is 597 g/mol. The van der Waals surface area contributed by atoms with E-state index >= 15 is 0 Å². The summed E-state index contributed by atoms with van der Waals surface area (Å²) in [7, 11) is -4.12. The summed E-state index contributed by atoms with van der Waals surface area (Å²) in [6.07, 6.45) is 0.277. The van der Waals surface area contributed by atoms with Crippen molar-refractivity contribution >= 4 is 27.5 Å². The zero-order valence-electron chi connectivity index (χ0n) is 25.2. The van der Waals surface area contributed by atoms with E-state index in [1.54, 1.807) is 30.3 Å². The highest BCUT2D eigenvalue weighted by atomic mass is 32.2. The van der Waals surface area contributed by atoms with Gasteiger partial charge in [-0.3, -0.25) is 13.9 Å². The molecule has 0 saturated heterocycles. The lowest BCUT2D eigenvalue weighted by Crippen LogP contribution is -2.53. The van der Waals surface area contributed by atoms with Gasteiger partial charge < -0.3 is 10.2 Å². The van der Waals surface area contributed by atoms with E-state index in [4.69, 9.17) is 0 Å². The van der Waals surface area contributed by atoms with Crippen LogP contribution < -0.4 is 9.62 Å². The fourth-order valence-electron chi connectivity index (χ4n) is 5.08. The van der Waals surface area contributed by atoms with Crippen molar-refractivity contribution in [2.75, 3.05) is 17.4 Å². The van der Waals surface area contributed by atoms with Crippen molar-refractivity contribution in [1.82, 2.24) is 10.2 Å². The molecule has 4 aromatic rings. The lowest BCUT2D eigenvalue weighted by Gasteiger charge is -2.34. The molecular weight excluding hydrogens is 558 g/mol. The summed E-state index contributed by atoms with van der Waals surface area (Å²) < 4.78 is 29.3. The molecule has 0 aromatic heterocycles. The molecule has 0 bridgehead atoms. The van der Waals surface area contributed by atoms with Gasteiger partial charge in [0.1, 0.15) is 12.6 Å². The van der Waals surface area contributed by atoms with E-state index in [0.717, 1.165) is 32.1 Å². The smallest absolute Gasteiger partial charge is 0.264 e. The van der Waals surface area contributed by atoms with Crippen LogP contribution in [-0.2, 0) is 32.6 Å². The summed E-state index contributed by atoms with van der Waals surface area (Å²) in [5.41, 5.74) is 4.94. The molecule has 224 valence electrons. The van der Waals surface area contributed by atoms with Gasteiger partial charge in [0.15, 0.2) is 0 Å². The Labute approximate surface area is 255 Å². The van der Waals surface area contributed by atoms with E-state index in [0.29, 0.717) is 12.2 Å². The van der Waals surface area contributed by atoms with Gasteiger partial charge in [0.25, 0.3) is 10.0 Å². The van der Waals surface area contributed by atoms with Gasteiger partial charge in [0, 0.05) is 19.5 Å². The standard InChI is InChI=1S/C35H39N3O4S/c1-5-36-35(40)33(23-29-12-8-6-9-13-29)37(24-30-18-16-26(2)17-19-30)34(39)25-38(31-21-27(3)20-28(4)22-31)43(41,42)32-14-10-7-11-15-32/h6-22,33H,5,23-25H2,1-4H3,(H,36,40)/t33-/m0/s1. The van der Waals surface area contributed by atoms with Crippen molar-refractivity contribution in [2.45, 2.75) is 51.6 Å². The maximum atomic E-state index is 14.4. The molecule has 0 aliphatic heterocycles. The molecule has 8 heteroatoms. The molecule has 0 heterocycles. The predicted octanol–water partition coefficient (Wildman–Crippen LogP) is 5.58. The number of nitrogens with zero attached hydrogens (tertiary/aromatic N) is 2. The molecule has 0 aliphatic carbocycles. The number of rotatable bonds is 12. The van der Waals surface area contributed by atoms with Crippen molar-refractivity contribution < 1.29 is 18.0 Å². The lowest BCUT2D eigenvalue weighted by molar-refractivity contribution is -0.140. The number of aryl methyl sites for hydroxylation is 3. The normalized spacial score (nSPS) is 11.9. The second-order valence-electron chi connectivity index (χ2n) is 10.8. The minimum Gasteiger partial charge on any atom is -0.355 e. The predicted molar refractivity (Wildman–Crippen MR) is 171 cm³/mol. The first-order chi connectivity index (χ1) is 20.6. The summed E-state index contributed by atoms with van der Waals surface area (Å²) in [5, 5.41) is 2.89. The van der Waals surface area contributed by atoms with Crippen LogP contribution in [0.2, 0.25) is 0 Å². The third-order valence-electron chi connectivity index (χ3n) is 7.20. The van der Waals surface area contributed by atoms with Crippen LogP contribution in [0.25, 0.3) is 0 Å². The van der Waals surface area contributed by atoms with Gasteiger partial charge in [-0.15, -0.1) is 0 Å². The number of nitrogens with one attached hydrogen (secondary N) is 1. The number of hydrogen-bond donors (Lipinski definition) is 1. The second kappa shape index (κ2) is 14.2. The van der Waals surface area contributed by atoms with Gasteiger partial charge in [-0.25, -0.2) is 8.42 Å². The summed E-state index contributed by atoms with van der Waals surface area (Å²) in [6.45, 7) is 7.65. The van der Waals surface area contributed by atoms with Crippen molar-refractivity contribution in [2.24, 2.45) is 0 Å². The Hall–Kier alpha value is -4.43. The Bertz CT molecular complexity index is 1620. The second-order valence-corrected chi connectivity index (χ2v) is 12.6. The molecule has 1 atom stereocenters. The Kier molecular flexibility index (Phi) is 10.4. The highest BCUT2D eigenvalue weighted by Gasteiger charge is 2.34. The van der Waals surface area contributed by atoms with E-state index in [9.17, 15) is 18.0 Å². The van der Waals surface area contributed by atoms with E-state index in [1.165, 1.54) is 17.0 Å². The van der Waals surface area contributed by atoms with E-state index in [-0.39, 0.29) is 23.8 Å². The number of likely N-dealkylation sites (N-methyl/N-ethyl adjacent to an activating group) is 1. The van der Waals surface area contributed by atoms with Crippen LogP contribution >= 0.6 is 0 Å². The molecule has 0 spiro atoms. The minimum absolute atomic E-state index is 0.0802. The number of carbonyl (C=O) groups is 2. The fraction of sp³-hybridized carbons (Fsp3) is 0.257. The summed E-state index contributed by atoms with van der Waals surface area (Å²) in [6, 6.07) is 30.0. The van der Waals surface area contributed by atoms with Crippen LogP contribution in [0, 0.1) is 20.8 Å². The molecular formula is C35H39N3O4S. The van der Waals surface area contributed by atoms with Crippen LogP contribution in [-0.4, -0.2) is 44.3 Å². The summed E-state index contributed by atoms with van der Waals surface area (Å²) >= 11 is 0. The largest absolute Gasteiger partial charge is 0.355 e. The zero-order valence-corrected chi connectivity index (χ0v) is 26.0. The fourth-order valence-corrected chi connectivity index (χ4v) is 6.50. The Balaban J connectivity index is 1.81. The SMILES string of the molecule is CCNC(=O)[C@H](Cc1ccccc1)N(Cc1ccc(C)cc1)C(=O)CN(c1cc(C)cc(C)c1)S(=O)(=O)c1ccccc1. The van der Waals surface area contributed by atoms with Crippen LogP contribution in [0.1, 0.15) is 34.7 Å². The number of amides is 2. The van der Waals surface area contributed by atoms with Crippen LogP contribution in [0.4, 0.5) is 5.69 Å². The van der Waals surface area contributed by atoms with Crippen molar-refractivity contribution in [1.29, 1.82) is 0 Å². The van der Waals surface area contributed by atoms with Gasteiger partial charge in [-0.1, -0.05) is 84.4 Å². The Morgan fingerprint density at radius 3 is 1.91 bits per heavy atom. The number of sulfonamides is 1. The first-order valence-corrected chi connectivity index (χ1v) is 15.8. The number of anilines is 1. The van der Waals surface area contributed by atoms with E-state index in [2.05, 4.69) is 5.32 Å².